The molecule has 2 unspecified atom stereocenters. The molecule has 0 amide bonds. The van der Waals surface area contributed by atoms with Crippen molar-refractivity contribution in [3.63, 3.8) is 0 Å². The van der Waals surface area contributed by atoms with Gasteiger partial charge in [0.25, 0.3) is 0 Å². The number of hydrogen-bond donors (Lipinski definition) is 1. The van der Waals surface area contributed by atoms with Crippen molar-refractivity contribution < 1.29 is 4.39 Å². The number of nitrogens with two attached hydrogens (primary N) is 1. The van der Waals surface area contributed by atoms with E-state index in [9.17, 15) is 4.39 Å². The first-order valence-electron chi connectivity index (χ1n) is 4.45. The average Bonchev–Trinajstić information content (AvgIpc) is 2.59. The highest BCUT2D eigenvalue weighted by Crippen LogP contribution is 2.54. The zero-order valence-corrected chi connectivity index (χ0v) is 8.13. The van der Waals surface area contributed by atoms with Gasteiger partial charge < -0.3 is 5.73 Å². The molecule has 2 N–H and O–H groups in total. The van der Waals surface area contributed by atoms with Gasteiger partial charge in [0, 0.05) is 12.5 Å². The highest BCUT2D eigenvalue weighted by atomic mass is 19.1. The molecule has 0 radical (unpaired) electrons. The molecule has 0 aromatic carbocycles. The summed E-state index contributed by atoms with van der Waals surface area (Å²) in [7, 11) is 1.66. The van der Waals surface area contributed by atoms with Gasteiger partial charge in [0.2, 0.25) is 0 Å². The quantitative estimate of drug-likeness (QED) is 0.716. The molecular weight excluding hydrogens is 169 g/mol. The molecule has 72 valence electrons. The number of nitrogens with zero attached hydrogens (tertiary/aromatic N) is 2. The second kappa shape index (κ2) is 2.25. The van der Waals surface area contributed by atoms with Crippen molar-refractivity contribution in [1.29, 1.82) is 0 Å². The van der Waals surface area contributed by atoms with Gasteiger partial charge in [0.1, 0.15) is 5.69 Å². The number of aryl methyl sites for hydroxylation is 1. The predicted octanol–water partition coefficient (Wildman–Crippen LogP) is 1.44. The van der Waals surface area contributed by atoms with E-state index in [1.807, 2.05) is 6.92 Å². The lowest BCUT2D eigenvalue weighted by molar-refractivity contribution is 0.567. The second-order valence-electron chi connectivity index (χ2n) is 4.19. The Bertz CT molecular complexity index is 358. The van der Waals surface area contributed by atoms with Crippen LogP contribution in [0.5, 0.6) is 0 Å². The van der Waals surface area contributed by atoms with Crippen molar-refractivity contribution in [2.75, 3.05) is 5.73 Å². The molecule has 1 aliphatic rings. The van der Waals surface area contributed by atoms with Crippen LogP contribution >= 0.6 is 0 Å². The monoisotopic (exact) mass is 183 g/mol. The number of aromatic nitrogens is 2. The van der Waals surface area contributed by atoms with Gasteiger partial charge in [0.15, 0.2) is 11.6 Å². The molecule has 4 heteroatoms. The fraction of sp³-hybridized carbons (Fsp3) is 0.667. The number of rotatable bonds is 1. The van der Waals surface area contributed by atoms with Crippen LogP contribution in [-0.4, -0.2) is 9.78 Å². The standard InChI is InChI=1S/C9H14FN3/c1-5-4-9(5,2)7-6(10)8(11)13(3)12-7/h5H,4,11H2,1-3H3. The Morgan fingerprint density at radius 3 is 2.54 bits per heavy atom. The van der Waals surface area contributed by atoms with Crippen LogP contribution in [0.1, 0.15) is 26.0 Å². The van der Waals surface area contributed by atoms with E-state index in [0.29, 0.717) is 11.6 Å². The second-order valence-corrected chi connectivity index (χ2v) is 4.19. The third kappa shape index (κ3) is 0.975. The molecular formula is C9H14FN3. The van der Waals surface area contributed by atoms with Gasteiger partial charge in [0.05, 0.1) is 0 Å². The summed E-state index contributed by atoms with van der Waals surface area (Å²) in [4.78, 5) is 0. The van der Waals surface area contributed by atoms with E-state index in [1.165, 1.54) is 4.68 Å². The van der Waals surface area contributed by atoms with E-state index in [2.05, 4.69) is 12.0 Å². The molecule has 1 fully saturated rings. The topological polar surface area (TPSA) is 43.8 Å². The summed E-state index contributed by atoms with van der Waals surface area (Å²) in [6.45, 7) is 4.13. The fourth-order valence-corrected chi connectivity index (χ4v) is 1.78. The zero-order valence-electron chi connectivity index (χ0n) is 8.13. The van der Waals surface area contributed by atoms with Crippen molar-refractivity contribution in [2.24, 2.45) is 13.0 Å². The van der Waals surface area contributed by atoms with E-state index in [1.54, 1.807) is 7.05 Å². The Kier molecular flexibility index (Phi) is 1.47. The minimum Gasteiger partial charge on any atom is -0.381 e. The molecule has 1 saturated carbocycles. The number of nitrogen functional groups attached to an aromatic ring is 1. The first-order valence-corrected chi connectivity index (χ1v) is 4.45. The molecule has 0 bridgehead atoms. The summed E-state index contributed by atoms with van der Waals surface area (Å²) >= 11 is 0. The molecule has 0 saturated heterocycles. The molecule has 1 heterocycles. The van der Waals surface area contributed by atoms with Crippen molar-refractivity contribution in [2.45, 2.75) is 25.7 Å². The summed E-state index contributed by atoms with van der Waals surface area (Å²) in [5.74, 6) is 0.306. The Labute approximate surface area is 76.7 Å². The maximum Gasteiger partial charge on any atom is 0.188 e. The molecule has 1 aromatic rings. The van der Waals surface area contributed by atoms with Gasteiger partial charge in [-0.2, -0.15) is 5.10 Å². The van der Waals surface area contributed by atoms with Crippen molar-refractivity contribution in [1.82, 2.24) is 9.78 Å². The van der Waals surface area contributed by atoms with Crippen LogP contribution in [0, 0.1) is 11.7 Å². The summed E-state index contributed by atoms with van der Waals surface area (Å²) in [6, 6.07) is 0. The number of anilines is 1. The van der Waals surface area contributed by atoms with E-state index in [4.69, 9.17) is 5.73 Å². The zero-order chi connectivity index (χ0) is 9.80. The van der Waals surface area contributed by atoms with Crippen molar-refractivity contribution in [3.8, 4) is 0 Å². The molecule has 1 aliphatic carbocycles. The SMILES string of the molecule is CC1CC1(C)c1nn(C)c(N)c1F. The fourth-order valence-electron chi connectivity index (χ4n) is 1.78. The third-order valence-electron chi connectivity index (χ3n) is 3.23. The molecule has 1 aromatic heterocycles. The van der Waals surface area contributed by atoms with Crippen LogP contribution in [0.15, 0.2) is 0 Å². The van der Waals surface area contributed by atoms with Crippen molar-refractivity contribution >= 4 is 5.82 Å². The van der Waals surface area contributed by atoms with Gasteiger partial charge in [-0.3, -0.25) is 4.68 Å². The largest absolute Gasteiger partial charge is 0.381 e. The molecule has 3 nitrogen and oxygen atoms in total. The highest BCUT2D eigenvalue weighted by molar-refractivity contribution is 5.39. The Morgan fingerprint density at radius 2 is 2.23 bits per heavy atom. The van der Waals surface area contributed by atoms with E-state index in [-0.39, 0.29) is 17.1 Å². The number of hydrogen-bond acceptors (Lipinski definition) is 2. The van der Waals surface area contributed by atoms with Gasteiger partial charge in [-0.05, 0) is 12.3 Å². The first-order chi connectivity index (χ1) is 5.97. The van der Waals surface area contributed by atoms with E-state index in [0.717, 1.165) is 6.42 Å². The van der Waals surface area contributed by atoms with Crippen LogP contribution in [0.3, 0.4) is 0 Å². The van der Waals surface area contributed by atoms with Crippen LogP contribution < -0.4 is 5.73 Å². The van der Waals surface area contributed by atoms with Gasteiger partial charge in [-0.25, -0.2) is 4.39 Å². The summed E-state index contributed by atoms with van der Waals surface area (Å²) < 4.78 is 14.9. The van der Waals surface area contributed by atoms with Crippen LogP contribution in [0.25, 0.3) is 0 Å². The third-order valence-corrected chi connectivity index (χ3v) is 3.23. The predicted molar refractivity (Wildman–Crippen MR) is 48.7 cm³/mol. The molecule has 0 spiro atoms. The van der Waals surface area contributed by atoms with E-state index >= 15 is 0 Å². The normalized spacial score (nSPS) is 32.2. The smallest absolute Gasteiger partial charge is 0.188 e. The lowest BCUT2D eigenvalue weighted by Gasteiger charge is -2.04. The van der Waals surface area contributed by atoms with Crippen LogP contribution in [0.4, 0.5) is 10.2 Å². The minimum absolute atomic E-state index is 0.0839. The minimum atomic E-state index is -0.339. The Balaban J connectivity index is 2.48. The lowest BCUT2D eigenvalue weighted by Crippen LogP contribution is -2.06. The highest BCUT2D eigenvalue weighted by Gasteiger charge is 2.51. The first kappa shape index (κ1) is 8.53. The molecule has 0 aliphatic heterocycles. The summed E-state index contributed by atoms with van der Waals surface area (Å²) in [5, 5.41) is 4.11. The summed E-state index contributed by atoms with van der Waals surface area (Å²) in [6.07, 6.45) is 1.00. The molecule has 2 atom stereocenters. The average molecular weight is 183 g/mol. The Hall–Kier alpha value is -1.06. The Morgan fingerprint density at radius 1 is 1.69 bits per heavy atom. The maximum absolute atomic E-state index is 13.5. The summed E-state index contributed by atoms with van der Waals surface area (Å²) in [5.41, 5.74) is 5.94. The van der Waals surface area contributed by atoms with Gasteiger partial charge in [-0.15, -0.1) is 0 Å². The van der Waals surface area contributed by atoms with Crippen LogP contribution in [0.2, 0.25) is 0 Å². The van der Waals surface area contributed by atoms with Gasteiger partial charge >= 0.3 is 0 Å². The van der Waals surface area contributed by atoms with Crippen LogP contribution in [-0.2, 0) is 12.5 Å². The maximum atomic E-state index is 13.5. The van der Waals surface area contributed by atoms with Gasteiger partial charge in [-0.1, -0.05) is 13.8 Å². The lowest BCUT2D eigenvalue weighted by atomic mass is 10.0. The van der Waals surface area contributed by atoms with E-state index < -0.39 is 0 Å². The molecule has 2 rings (SSSR count). The molecule has 13 heavy (non-hydrogen) atoms. The van der Waals surface area contributed by atoms with Crippen molar-refractivity contribution in [3.05, 3.63) is 11.5 Å². The number of halogens is 1.